The fraction of sp³-hybridized carbons (Fsp3) is 0.846. The lowest BCUT2D eigenvalue weighted by Gasteiger charge is -2.19. The Hall–Kier alpha value is -0.740. The molecule has 0 aromatic rings. The van der Waals surface area contributed by atoms with Crippen molar-refractivity contribution in [2.24, 2.45) is 10.7 Å². The van der Waals surface area contributed by atoms with Crippen LogP contribution in [0.2, 0.25) is 0 Å². The molecule has 1 amide bonds. The number of alkyl halides is 3. The third-order valence-electron chi connectivity index (χ3n) is 3.43. The number of rotatable bonds is 4. The predicted molar refractivity (Wildman–Crippen MR) is 90.2 cm³/mol. The predicted octanol–water partition coefficient (Wildman–Crippen LogP) is 2.25. The first kappa shape index (κ1) is 21.3. The standard InChI is InChI=1S/C13H23F3N4O.HI/c1-20(9-13(14,15)16)11(21)8-18-12(17)19-10-6-4-2-3-5-7-10;/h10H,2-9H2,1H3,(H3,17,18,19);1H. The zero-order valence-electron chi connectivity index (χ0n) is 12.7. The van der Waals surface area contributed by atoms with E-state index in [-0.39, 0.29) is 42.5 Å². The van der Waals surface area contributed by atoms with E-state index in [4.69, 9.17) is 5.73 Å². The highest BCUT2D eigenvalue weighted by Crippen LogP contribution is 2.17. The van der Waals surface area contributed by atoms with E-state index < -0.39 is 18.6 Å². The lowest BCUT2D eigenvalue weighted by molar-refractivity contribution is -0.157. The summed E-state index contributed by atoms with van der Waals surface area (Å²) >= 11 is 0. The van der Waals surface area contributed by atoms with Crippen molar-refractivity contribution in [3.05, 3.63) is 0 Å². The molecular formula is C13H24F3IN4O. The monoisotopic (exact) mass is 436 g/mol. The summed E-state index contributed by atoms with van der Waals surface area (Å²) in [6.07, 6.45) is 2.25. The zero-order valence-corrected chi connectivity index (χ0v) is 15.0. The maximum atomic E-state index is 12.1. The number of likely N-dealkylation sites (N-methyl/N-ethyl adjacent to an activating group) is 1. The van der Waals surface area contributed by atoms with Crippen LogP contribution in [0.3, 0.4) is 0 Å². The topological polar surface area (TPSA) is 70.7 Å². The molecule has 5 nitrogen and oxygen atoms in total. The molecule has 9 heteroatoms. The molecule has 0 spiro atoms. The molecule has 0 bridgehead atoms. The van der Waals surface area contributed by atoms with Gasteiger partial charge in [0, 0.05) is 13.1 Å². The van der Waals surface area contributed by atoms with Crippen molar-refractivity contribution in [2.45, 2.75) is 50.7 Å². The second-order valence-electron chi connectivity index (χ2n) is 5.40. The van der Waals surface area contributed by atoms with Crippen LogP contribution in [0.15, 0.2) is 4.99 Å². The summed E-state index contributed by atoms with van der Waals surface area (Å²) in [6.45, 7) is -1.66. The van der Waals surface area contributed by atoms with Gasteiger partial charge >= 0.3 is 6.18 Å². The summed E-state index contributed by atoms with van der Waals surface area (Å²) in [7, 11) is 1.10. The van der Waals surface area contributed by atoms with E-state index in [1.165, 1.54) is 12.8 Å². The molecule has 1 saturated carbocycles. The van der Waals surface area contributed by atoms with Crippen LogP contribution in [0.25, 0.3) is 0 Å². The van der Waals surface area contributed by atoms with E-state index in [0.717, 1.165) is 32.7 Å². The van der Waals surface area contributed by atoms with Crippen LogP contribution in [0.5, 0.6) is 0 Å². The molecule has 1 aliphatic rings. The molecular weight excluding hydrogens is 412 g/mol. The number of carbonyl (C=O) groups excluding carboxylic acids is 1. The molecule has 0 radical (unpaired) electrons. The number of guanidine groups is 1. The van der Waals surface area contributed by atoms with Gasteiger partial charge in [0.05, 0.1) is 0 Å². The van der Waals surface area contributed by atoms with Gasteiger partial charge in [0.25, 0.3) is 0 Å². The Morgan fingerprint density at radius 3 is 2.32 bits per heavy atom. The Bertz CT molecular complexity index is 369. The number of carbonyl (C=O) groups is 1. The van der Waals surface area contributed by atoms with Gasteiger partial charge < -0.3 is 16.0 Å². The Kier molecular flexibility index (Phi) is 9.77. The Morgan fingerprint density at radius 2 is 1.82 bits per heavy atom. The number of nitrogens with one attached hydrogen (secondary N) is 1. The van der Waals surface area contributed by atoms with Crippen molar-refractivity contribution in [2.75, 3.05) is 20.1 Å². The molecule has 0 atom stereocenters. The number of hydrogen-bond donors (Lipinski definition) is 2. The maximum absolute atomic E-state index is 12.1. The number of amides is 1. The lowest BCUT2D eigenvalue weighted by atomic mass is 10.1. The summed E-state index contributed by atoms with van der Waals surface area (Å²) < 4.78 is 36.4. The number of nitrogens with zero attached hydrogens (tertiary/aromatic N) is 2. The maximum Gasteiger partial charge on any atom is 0.406 e. The SMILES string of the molecule is CN(CC(F)(F)F)C(=O)CN=C(N)NC1CCCCCC1.I. The highest BCUT2D eigenvalue weighted by atomic mass is 127. The van der Waals surface area contributed by atoms with Gasteiger partial charge in [-0.05, 0) is 12.8 Å². The van der Waals surface area contributed by atoms with E-state index in [0.29, 0.717) is 4.90 Å². The van der Waals surface area contributed by atoms with Crippen molar-refractivity contribution < 1.29 is 18.0 Å². The summed E-state index contributed by atoms with van der Waals surface area (Å²) in [6, 6.07) is 0.235. The van der Waals surface area contributed by atoms with Crippen LogP contribution in [0.4, 0.5) is 13.2 Å². The first-order valence-electron chi connectivity index (χ1n) is 7.15. The second-order valence-corrected chi connectivity index (χ2v) is 5.40. The number of halogens is 4. The van der Waals surface area contributed by atoms with Gasteiger partial charge in [0.2, 0.25) is 5.91 Å². The summed E-state index contributed by atoms with van der Waals surface area (Å²) in [5.41, 5.74) is 5.68. The molecule has 0 saturated heterocycles. The molecule has 22 heavy (non-hydrogen) atoms. The third-order valence-corrected chi connectivity index (χ3v) is 3.43. The molecule has 0 aromatic carbocycles. The fourth-order valence-electron chi connectivity index (χ4n) is 2.31. The Morgan fingerprint density at radius 1 is 1.27 bits per heavy atom. The molecule has 0 heterocycles. The van der Waals surface area contributed by atoms with Crippen molar-refractivity contribution in [3.63, 3.8) is 0 Å². The highest BCUT2D eigenvalue weighted by molar-refractivity contribution is 14.0. The highest BCUT2D eigenvalue weighted by Gasteiger charge is 2.31. The summed E-state index contributed by atoms with van der Waals surface area (Å²) in [5.74, 6) is -0.589. The van der Waals surface area contributed by atoms with Crippen molar-refractivity contribution >= 4 is 35.8 Å². The van der Waals surface area contributed by atoms with Gasteiger partial charge in [-0.15, -0.1) is 24.0 Å². The molecule has 3 N–H and O–H groups in total. The fourth-order valence-corrected chi connectivity index (χ4v) is 2.31. The first-order chi connectivity index (χ1) is 9.78. The Labute approximate surface area is 145 Å². The van der Waals surface area contributed by atoms with Crippen LogP contribution < -0.4 is 11.1 Å². The number of aliphatic imine (C=N–C) groups is 1. The van der Waals surface area contributed by atoms with E-state index in [1.54, 1.807) is 0 Å². The molecule has 1 fully saturated rings. The zero-order chi connectivity index (χ0) is 15.9. The minimum atomic E-state index is -4.40. The van der Waals surface area contributed by atoms with E-state index in [2.05, 4.69) is 10.3 Å². The molecule has 1 rings (SSSR count). The summed E-state index contributed by atoms with van der Waals surface area (Å²) in [5, 5.41) is 3.04. The largest absolute Gasteiger partial charge is 0.406 e. The Balaban J connectivity index is 0.00000441. The minimum absolute atomic E-state index is 0. The normalized spacial score (nSPS) is 17.4. The van der Waals surface area contributed by atoms with Gasteiger partial charge in [0.1, 0.15) is 13.1 Å². The van der Waals surface area contributed by atoms with Crippen LogP contribution in [0, 0.1) is 0 Å². The van der Waals surface area contributed by atoms with Crippen molar-refractivity contribution in [1.29, 1.82) is 0 Å². The van der Waals surface area contributed by atoms with E-state index >= 15 is 0 Å². The van der Waals surface area contributed by atoms with E-state index in [9.17, 15) is 18.0 Å². The molecule has 0 aliphatic heterocycles. The van der Waals surface area contributed by atoms with Crippen molar-refractivity contribution in [1.82, 2.24) is 10.2 Å². The van der Waals surface area contributed by atoms with Gasteiger partial charge in [0.15, 0.2) is 5.96 Å². The average molecular weight is 436 g/mol. The third kappa shape index (κ3) is 9.31. The number of hydrogen-bond acceptors (Lipinski definition) is 2. The minimum Gasteiger partial charge on any atom is -0.370 e. The number of nitrogens with two attached hydrogens (primary N) is 1. The van der Waals surface area contributed by atoms with Gasteiger partial charge in [-0.1, -0.05) is 25.7 Å². The molecule has 1 aliphatic carbocycles. The van der Waals surface area contributed by atoms with Crippen LogP contribution in [-0.2, 0) is 4.79 Å². The average Bonchev–Trinajstić information content (AvgIpc) is 2.62. The van der Waals surface area contributed by atoms with Crippen molar-refractivity contribution in [3.8, 4) is 0 Å². The van der Waals surface area contributed by atoms with Crippen LogP contribution in [-0.4, -0.2) is 49.1 Å². The molecule has 0 unspecified atom stereocenters. The molecule has 130 valence electrons. The lowest BCUT2D eigenvalue weighted by Crippen LogP contribution is -2.41. The van der Waals surface area contributed by atoms with Crippen LogP contribution >= 0.6 is 24.0 Å². The van der Waals surface area contributed by atoms with Gasteiger partial charge in [-0.2, -0.15) is 13.2 Å². The van der Waals surface area contributed by atoms with Gasteiger partial charge in [-0.25, -0.2) is 4.99 Å². The second kappa shape index (κ2) is 10.1. The molecule has 0 aromatic heterocycles. The van der Waals surface area contributed by atoms with Crippen LogP contribution in [0.1, 0.15) is 38.5 Å². The smallest absolute Gasteiger partial charge is 0.370 e. The van der Waals surface area contributed by atoms with E-state index in [1.807, 2.05) is 0 Å². The first-order valence-corrected chi connectivity index (χ1v) is 7.15. The quantitative estimate of drug-likeness (QED) is 0.308. The van der Waals surface area contributed by atoms with Gasteiger partial charge in [-0.3, -0.25) is 4.79 Å². The summed E-state index contributed by atoms with van der Waals surface area (Å²) in [4.78, 5) is 15.9.